The number of ether oxygens (including phenoxy) is 2. The van der Waals surface area contributed by atoms with E-state index in [0.29, 0.717) is 12.3 Å². The SMILES string of the molecule is CCCCOc1cc(N=N)c(C)cc1N1CCOCC1. The van der Waals surface area contributed by atoms with E-state index in [2.05, 4.69) is 23.0 Å². The molecule has 5 heteroatoms. The Bertz CT molecular complexity index is 457. The maximum Gasteiger partial charge on any atom is 0.144 e. The predicted octanol–water partition coefficient (Wildman–Crippen LogP) is 3.67. The molecular formula is C15H23N3O2. The lowest BCUT2D eigenvalue weighted by molar-refractivity contribution is 0.122. The second-order valence-electron chi connectivity index (χ2n) is 5.02. The lowest BCUT2D eigenvalue weighted by atomic mass is 10.1. The minimum absolute atomic E-state index is 0.675. The molecule has 1 heterocycles. The minimum Gasteiger partial charge on any atom is -0.491 e. The Hall–Kier alpha value is -1.62. The van der Waals surface area contributed by atoms with Gasteiger partial charge in [-0.3, -0.25) is 0 Å². The van der Waals surface area contributed by atoms with Crippen LogP contribution in [0.1, 0.15) is 25.3 Å². The summed E-state index contributed by atoms with van der Waals surface area (Å²) in [5.41, 5.74) is 10.0. The van der Waals surface area contributed by atoms with Crippen LogP contribution in [0.25, 0.3) is 0 Å². The van der Waals surface area contributed by atoms with Crippen molar-refractivity contribution in [2.45, 2.75) is 26.7 Å². The standard InChI is InChI=1S/C15H23N3O2/c1-3-4-7-20-15-11-13(17-16)12(2)10-14(15)18-5-8-19-9-6-18/h10-11,16H,3-9H2,1-2H3. The largest absolute Gasteiger partial charge is 0.491 e. The van der Waals surface area contributed by atoms with Crippen LogP contribution in [0.2, 0.25) is 0 Å². The monoisotopic (exact) mass is 277 g/mol. The van der Waals surface area contributed by atoms with Gasteiger partial charge >= 0.3 is 0 Å². The van der Waals surface area contributed by atoms with Crippen molar-refractivity contribution in [1.29, 1.82) is 5.53 Å². The van der Waals surface area contributed by atoms with Gasteiger partial charge in [0.2, 0.25) is 0 Å². The molecule has 0 aliphatic carbocycles. The van der Waals surface area contributed by atoms with E-state index < -0.39 is 0 Å². The van der Waals surface area contributed by atoms with E-state index in [-0.39, 0.29) is 0 Å². The quantitative estimate of drug-likeness (QED) is 0.637. The van der Waals surface area contributed by atoms with Crippen LogP contribution in [-0.4, -0.2) is 32.9 Å². The molecule has 0 unspecified atom stereocenters. The summed E-state index contributed by atoms with van der Waals surface area (Å²) in [6.45, 7) is 8.07. The van der Waals surface area contributed by atoms with Crippen molar-refractivity contribution in [3.8, 4) is 5.75 Å². The highest BCUT2D eigenvalue weighted by Gasteiger charge is 2.17. The maximum atomic E-state index is 7.25. The summed E-state index contributed by atoms with van der Waals surface area (Å²) in [6.07, 6.45) is 2.14. The first-order valence-electron chi connectivity index (χ1n) is 7.24. The Morgan fingerprint density at radius 2 is 2.10 bits per heavy atom. The molecule has 1 saturated heterocycles. The van der Waals surface area contributed by atoms with Gasteiger partial charge in [-0.25, -0.2) is 5.53 Å². The third-order valence-corrected chi connectivity index (χ3v) is 3.51. The molecule has 1 N–H and O–H groups in total. The molecule has 1 aliphatic heterocycles. The number of anilines is 1. The zero-order valence-electron chi connectivity index (χ0n) is 12.3. The fourth-order valence-electron chi connectivity index (χ4n) is 2.28. The summed E-state index contributed by atoms with van der Waals surface area (Å²) in [7, 11) is 0. The van der Waals surface area contributed by atoms with Gasteiger partial charge in [-0.1, -0.05) is 13.3 Å². The van der Waals surface area contributed by atoms with Crippen molar-refractivity contribution in [1.82, 2.24) is 0 Å². The third-order valence-electron chi connectivity index (χ3n) is 3.51. The number of aryl methyl sites for hydroxylation is 1. The molecule has 0 radical (unpaired) electrons. The Morgan fingerprint density at radius 3 is 2.75 bits per heavy atom. The van der Waals surface area contributed by atoms with Crippen molar-refractivity contribution in [3.05, 3.63) is 17.7 Å². The summed E-state index contributed by atoms with van der Waals surface area (Å²) >= 11 is 0. The summed E-state index contributed by atoms with van der Waals surface area (Å²) in [4.78, 5) is 2.28. The van der Waals surface area contributed by atoms with Crippen LogP contribution in [0.3, 0.4) is 0 Å². The van der Waals surface area contributed by atoms with E-state index in [0.717, 1.165) is 56.1 Å². The van der Waals surface area contributed by atoms with Crippen molar-refractivity contribution >= 4 is 11.4 Å². The van der Waals surface area contributed by atoms with E-state index in [9.17, 15) is 0 Å². The third kappa shape index (κ3) is 3.48. The lowest BCUT2D eigenvalue weighted by Gasteiger charge is -2.30. The molecule has 1 aliphatic rings. The molecule has 1 aromatic carbocycles. The van der Waals surface area contributed by atoms with Crippen molar-refractivity contribution in [3.63, 3.8) is 0 Å². The van der Waals surface area contributed by atoms with Gasteiger partial charge in [0.25, 0.3) is 0 Å². The van der Waals surface area contributed by atoms with Gasteiger partial charge in [0.05, 0.1) is 31.2 Å². The van der Waals surface area contributed by atoms with Gasteiger partial charge in [0, 0.05) is 19.2 Å². The maximum absolute atomic E-state index is 7.25. The summed E-state index contributed by atoms with van der Waals surface area (Å²) in [6, 6.07) is 3.95. The molecule has 0 saturated carbocycles. The van der Waals surface area contributed by atoms with Gasteiger partial charge < -0.3 is 14.4 Å². The molecule has 0 aromatic heterocycles. The van der Waals surface area contributed by atoms with Crippen LogP contribution in [-0.2, 0) is 4.74 Å². The molecule has 1 aromatic rings. The molecule has 1 fully saturated rings. The highest BCUT2D eigenvalue weighted by molar-refractivity contribution is 5.67. The highest BCUT2D eigenvalue weighted by Crippen LogP contribution is 2.36. The topological polar surface area (TPSA) is 57.9 Å². The van der Waals surface area contributed by atoms with Crippen LogP contribution in [0.15, 0.2) is 17.2 Å². The van der Waals surface area contributed by atoms with Crippen molar-refractivity contribution in [2.75, 3.05) is 37.8 Å². The number of nitrogens with one attached hydrogen (secondary N) is 1. The van der Waals surface area contributed by atoms with Crippen LogP contribution >= 0.6 is 0 Å². The number of unbranched alkanes of at least 4 members (excludes halogenated alkanes) is 1. The zero-order chi connectivity index (χ0) is 14.4. The molecule has 0 amide bonds. The number of benzene rings is 1. The Labute approximate surface area is 120 Å². The van der Waals surface area contributed by atoms with Crippen LogP contribution < -0.4 is 9.64 Å². The summed E-state index contributed by atoms with van der Waals surface area (Å²) < 4.78 is 11.3. The van der Waals surface area contributed by atoms with Gasteiger partial charge in [-0.2, -0.15) is 5.11 Å². The Kier molecular flexibility index (Phi) is 5.35. The second kappa shape index (κ2) is 7.24. The lowest BCUT2D eigenvalue weighted by Crippen LogP contribution is -2.36. The van der Waals surface area contributed by atoms with Crippen LogP contribution in [0.4, 0.5) is 11.4 Å². The smallest absolute Gasteiger partial charge is 0.144 e. The highest BCUT2D eigenvalue weighted by atomic mass is 16.5. The van der Waals surface area contributed by atoms with E-state index >= 15 is 0 Å². The molecule has 110 valence electrons. The average molecular weight is 277 g/mol. The van der Waals surface area contributed by atoms with Crippen LogP contribution in [0.5, 0.6) is 5.75 Å². The molecule has 20 heavy (non-hydrogen) atoms. The summed E-state index contributed by atoms with van der Waals surface area (Å²) in [5.74, 6) is 0.831. The average Bonchev–Trinajstić information content (AvgIpc) is 2.49. The van der Waals surface area contributed by atoms with Crippen molar-refractivity contribution < 1.29 is 9.47 Å². The van der Waals surface area contributed by atoms with E-state index in [1.165, 1.54) is 0 Å². The van der Waals surface area contributed by atoms with Crippen molar-refractivity contribution in [2.24, 2.45) is 5.11 Å². The van der Waals surface area contributed by atoms with Gasteiger partial charge in [0.15, 0.2) is 0 Å². The van der Waals surface area contributed by atoms with Crippen LogP contribution in [0, 0.1) is 12.5 Å². The first-order chi connectivity index (χ1) is 9.76. The van der Waals surface area contributed by atoms with E-state index in [1.807, 2.05) is 13.0 Å². The number of morpholine rings is 1. The molecule has 0 bridgehead atoms. The molecule has 5 nitrogen and oxygen atoms in total. The minimum atomic E-state index is 0.675. The molecule has 0 spiro atoms. The van der Waals surface area contributed by atoms with Gasteiger partial charge in [-0.15, -0.1) is 0 Å². The number of rotatable bonds is 6. The second-order valence-corrected chi connectivity index (χ2v) is 5.02. The predicted molar refractivity (Wildman–Crippen MR) is 79.4 cm³/mol. The molecular weight excluding hydrogens is 254 g/mol. The van der Waals surface area contributed by atoms with E-state index in [1.54, 1.807) is 0 Å². The summed E-state index contributed by atoms with van der Waals surface area (Å²) in [5, 5.41) is 3.57. The van der Waals surface area contributed by atoms with Gasteiger partial charge in [0.1, 0.15) is 5.75 Å². The number of hydrogen-bond donors (Lipinski definition) is 1. The normalized spacial score (nSPS) is 15.2. The number of hydrogen-bond acceptors (Lipinski definition) is 5. The van der Waals surface area contributed by atoms with Gasteiger partial charge in [-0.05, 0) is 25.0 Å². The Morgan fingerprint density at radius 1 is 1.35 bits per heavy atom. The molecule has 2 rings (SSSR count). The fourth-order valence-corrected chi connectivity index (χ4v) is 2.28. The fraction of sp³-hybridized carbons (Fsp3) is 0.600. The molecule has 0 atom stereocenters. The zero-order valence-corrected chi connectivity index (χ0v) is 12.3. The number of nitrogens with zero attached hydrogens (tertiary/aromatic N) is 2. The first-order valence-corrected chi connectivity index (χ1v) is 7.24. The van der Waals surface area contributed by atoms with E-state index in [4.69, 9.17) is 15.0 Å². The Balaban J connectivity index is 2.25. The first kappa shape index (κ1) is 14.8.